The number of amides is 2. The third-order valence-electron chi connectivity index (χ3n) is 4.51. The minimum absolute atomic E-state index is 0.0193. The zero-order valence-corrected chi connectivity index (χ0v) is 17.8. The number of nitrogens with one attached hydrogen (secondary N) is 1. The zero-order chi connectivity index (χ0) is 19.8. The van der Waals surface area contributed by atoms with Gasteiger partial charge in [-0.3, -0.25) is 10.1 Å². The summed E-state index contributed by atoms with van der Waals surface area (Å²) in [5.74, 6) is -0.179. The Balaban J connectivity index is 1.96. The Kier molecular flexibility index (Phi) is 8.85. The first-order valence-corrected chi connectivity index (χ1v) is 11.1. The van der Waals surface area contributed by atoms with Gasteiger partial charge in [-0.25, -0.2) is 9.78 Å². The number of carbonyl (C=O) groups is 2. The second-order valence-electron chi connectivity index (χ2n) is 7.12. The molecule has 1 saturated carbocycles. The van der Waals surface area contributed by atoms with E-state index in [1.165, 1.54) is 23.1 Å². The molecule has 0 aromatic carbocycles. The molecule has 1 aliphatic carbocycles. The van der Waals surface area contributed by atoms with Gasteiger partial charge < -0.3 is 14.7 Å². The molecular formula is C18H29N3O4S2. The van der Waals surface area contributed by atoms with Gasteiger partial charge in [0.15, 0.2) is 5.13 Å². The average Bonchev–Trinajstić information content (AvgIpc) is 3.05. The Labute approximate surface area is 168 Å². The van der Waals surface area contributed by atoms with Crippen LogP contribution in [0, 0.1) is 5.92 Å². The molecule has 152 valence electrons. The van der Waals surface area contributed by atoms with Gasteiger partial charge >= 0.3 is 12.0 Å². The molecule has 7 nitrogen and oxygen atoms in total. The first-order valence-electron chi connectivity index (χ1n) is 9.34. The van der Waals surface area contributed by atoms with E-state index < -0.39 is 5.97 Å². The van der Waals surface area contributed by atoms with E-state index in [0.717, 1.165) is 29.9 Å². The Bertz CT molecular complexity index is 616. The number of thiazole rings is 1. The number of ether oxygens (including phenoxy) is 1. The van der Waals surface area contributed by atoms with Crippen molar-refractivity contribution >= 4 is 40.2 Å². The topological polar surface area (TPSA) is 91.8 Å². The molecule has 0 spiro atoms. The van der Waals surface area contributed by atoms with Crippen LogP contribution in [0.1, 0.15) is 46.5 Å². The highest BCUT2D eigenvalue weighted by molar-refractivity contribution is 8.01. The fraction of sp³-hybridized carbons (Fsp3) is 0.722. The summed E-state index contributed by atoms with van der Waals surface area (Å²) in [6.07, 6.45) is 6.01. The van der Waals surface area contributed by atoms with Crippen molar-refractivity contribution in [1.29, 1.82) is 0 Å². The van der Waals surface area contributed by atoms with Crippen LogP contribution in [-0.4, -0.2) is 58.0 Å². The number of aliphatic carboxylic acids is 1. The van der Waals surface area contributed by atoms with Crippen molar-refractivity contribution in [3.63, 3.8) is 0 Å². The van der Waals surface area contributed by atoms with E-state index in [4.69, 9.17) is 9.84 Å². The van der Waals surface area contributed by atoms with Crippen molar-refractivity contribution < 1.29 is 19.4 Å². The molecule has 9 heteroatoms. The SMILES string of the molecule is CC(C)OCCN(C(=O)Nc1ncc(SCC(=O)O)s1)[C@H]1CC[C@H](C)CC1. The van der Waals surface area contributed by atoms with E-state index in [-0.39, 0.29) is 23.9 Å². The molecule has 1 fully saturated rings. The lowest BCUT2D eigenvalue weighted by Gasteiger charge is -2.36. The van der Waals surface area contributed by atoms with E-state index in [9.17, 15) is 9.59 Å². The standard InChI is InChI=1S/C18H29N3O4S2/c1-12(2)25-9-8-21(14-6-4-13(3)5-7-14)18(24)20-17-19-10-16(27-17)26-11-15(22)23/h10,12-14H,4-9,11H2,1-3H3,(H,22,23)(H,19,20,24)/t13-,14-. The van der Waals surface area contributed by atoms with Crippen molar-refractivity contribution in [2.24, 2.45) is 5.92 Å². The van der Waals surface area contributed by atoms with Gasteiger partial charge in [0.25, 0.3) is 0 Å². The highest BCUT2D eigenvalue weighted by atomic mass is 32.2. The van der Waals surface area contributed by atoms with Crippen LogP contribution in [0.3, 0.4) is 0 Å². The first kappa shape index (κ1) is 22.0. The lowest BCUT2D eigenvalue weighted by molar-refractivity contribution is -0.133. The number of carboxylic acids is 1. The largest absolute Gasteiger partial charge is 0.481 e. The van der Waals surface area contributed by atoms with Crippen LogP contribution in [0.25, 0.3) is 0 Å². The molecule has 0 atom stereocenters. The number of carboxylic acid groups (broad SMARTS) is 1. The molecule has 0 saturated heterocycles. The highest BCUT2D eigenvalue weighted by Gasteiger charge is 2.28. The maximum absolute atomic E-state index is 12.9. The predicted octanol–water partition coefficient (Wildman–Crippen LogP) is 4.16. The van der Waals surface area contributed by atoms with Crippen LogP contribution in [0.5, 0.6) is 0 Å². The van der Waals surface area contributed by atoms with Crippen LogP contribution in [0.15, 0.2) is 10.4 Å². The zero-order valence-electron chi connectivity index (χ0n) is 16.1. The van der Waals surface area contributed by atoms with Gasteiger partial charge in [0, 0.05) is 12.6 Å². The van der Waals surface area contributed by atoms with E-state index in [1.807, 2.05) is 18.7 Å². The number of hydrogen-bond donors (Lipinski definition) is 2. The maximum Gasteiger partial charge on any atom is 0.323 e. The van der Waals surface area contributed by atoms with Crippen LogP contribution >= 0.6 is 23.1 Å². The van der Waals surface area contributed by atoms with E-state index in [1.54, 1.807) is 6.20 Å². The maximum atomic E-state index is 12.9. The number of nitrogens with zero attached hydrogens (tertiary/aromatic N) is 2. The van der Waals surface area contributed by atoms with Crippen LogP contribution < -0.4 is 5.32 Å². The molecule has 0 aliphatic heterocycles. The third kappa shape index (κ3) is 7.67. The molecule has 2 rings (SSSR count). The molecule has 1 aromatic heterocycles. The van der Waals surface area contributed by atoms with Gasteiger partial charge in [0.05, 0.1) is 28.9 Å². The predicted molar refractivity (Wildman–Crippen MR) is 109 cm³/mol. The number of hydrogen-bond acceptors (Lipinski definition) is 6. The minimum Gasteiger partial charge on any atom is -0.481 e. The third-order valence-corrected chi connectivity index (χ3v) is 6.60. The Morgan fingerprint density at radius 2 is 2.11 bits per heavy atom. The van der Waals surface area contributed by atoms with E-state index in [2.05, 4.69) is 17.2 Å². The molecule has 0 radical (unpaired) electrons. The summed E-state index contributed by atoms with van der Waals surface area (Å²) in [5, 5.41) is 12.1. The van der Waals surface area contributed by atoms with Crippen molar-refractivity contribution in [3.05, 3.63) is 6.20 Å². The summed E-state index contributed by atoms with van der Waals surface area (Å²) < 4.78 is 6.42. The lowest BCUT2D eigenvalue weighted by Crippen LogP contribution is -2.46. The minimum atomic E-state index is -0.873. The average molecular weight is 416 g/mol. The van der Waals surface area contributed by atoms with Crippen molar-refractivity contribution in [3.8, 4) is 0 Å². The van der Waals surface area contributed by atoms with Gasteiger partial charge in [-0.15, -0.1) is 11.8 Å². The van der Waals surface area contributed by atoms with Crippen molar-refractivity contribution in [2.45, 2.75) is 62.8 Å². The smallest absolute Gasteiger partial charge is 0.323 e. The van der Waals surface area contributed by atoms with Crippen molar-refractivity contribution in [1.82, 2.24) is 9.88 Å². The quantitative estimate of drug-likeness (QED) is 0.589. The molecule has 0 unspecified atom stereocenters. The van der Waals surface area contributed by atoms with E-state index >= 15 is 0 Å². The van der Waals surface area contributed by atoms with Gasteiger partial charge in [-0.2, -0.15) is 0 Å². The van der Waals surface area contributed by atoms with Crippen molar-refractivity contribution in [2.75, 3.05) is 24.2 Å². The van der Waals surface area contributed by atoms with Gasteiger partial charge in [0.2, 0.25) is 0 Å². The Morgan fingerprint density at radius 1 is 1.41 bits per heavy atom. The summed E-state index contributed by atoms with van der Waals surface area (Å²) in [7, 11) is 0. The van der Waals surface area contributed by atoms with Gasteiger partial charge in [-0.1, -0.05) is 18.3 Å². The molecule has 1 aliphatic rings. The molecular weight excluding hydrogens is 386 g/mol. The first-order chi connectivity index (χ1) is 12.8. The molecule has 2 N–H and O–H groups in total. The normalized spacial score (nSPS) is 19.9. The summed E-state index contributed by atoms with van der Waals surface area (Å²) in [5.41, 5.74) is 0. The number of carbonyl (C=O) groups excluding carboxylic acids is 1. The molecule has 1 heterocycles. The van der Waals surface area contributed by atoms with Crippen LogP contribution in [0.4, 0.5) is 9.93 Å². The molecule has 2 amide bonds. The summed E-state index contributed by atoms with van der Waals surface area (Å²) in [6, 6.07) is 0.0591. The van der Waals surface area contributed by atoms with Gasteiger partial charge in [-0.05, 0) is 45.4 Å². The monoisotopic (exact) mass is 415 g/mol. The summed E-state index contributed by atoms with van der Waals surface area (Å²) in [4.78, 5) is 29.6. The van der Waals surface area contributed by atoms with Crippen LogP contribution in [0.2, 0.25) is 0 Å². The van der Waals surface area contributed by atoms with E-state index in [0.29, 0.717) is 24.2 Å². The van der Waals surface area contributed by atoms with Gasteiger partial charge in [0.1, 0.15) is 0 Å². The number of anilines is 1. The molecule has 0 bridgehead atoms. The molecule has 1 aromatic rings. The van der Waals surface area contributed by atoms with Crippen LogP contribution in [-0.2, 0) is 9.53 Å². The lowest BCUT2D eigenvalue weighted by atomic mass is 9.86. The Morgan fingerprint density at radius 3 is 2.74 bits per heavy atom. The number of thioether (sulfide) groups is 1. The summed E-state index contributed by atoms with van der Waals surface area (Å²) >= 11 is 2.50. The number of aromatic nitrogens is 1. The second kappa shape index (κ2) is 10.9. The Hall–Kier alpha value is -1.32. The molecule has 27 heavy (non-hydrogen) atoms. The second-order valence-corrected chi connectivity index (χ2v) is 9.43. The number of urea groups is 1. The summed E-state index contributed by atoms with van der Waals surface area (Å²) in [6.45, 7) is 7.29. The fourth-order valence-corrected chi connectivity index (χ4v) is 4.65. The fourth-order valence-electron chi connectivity index (χ4n) is 3.07. The highest BCUT2D eigenvalue weighted by Crippen LogP contribution is 2.30. The number of rotatable bonds is 9.